The zero-order valence-electron chi connectivity index (χ0n) is 8.24. The molecule has 0 aliphatic carbocycles. The molecule has 3 N–H and O–H groups in total. The fourth-order valence-electron chi connectivity index (χ4n) is 1.48. The maximum Gasteiger partial charge on any atom is 0.105 e. The van der Waals surface area contributed by atoms with Gasteiger partial charge in [-0.25, -0.2) is 0 Å². The van der Waals surface area contributed by atoms with Gasteiger partial charge in [0.25, 0.3) is 0 Å². The quantitative estimate of drug-likeness (QED) is 0.642. The van der Waals surface area contributed by atoms with Crippen molar-refractivity contribution in [3.8, 4) is 0 Å². The van der Waals surface area contributed by atoms with Gasteiger partial charge in [-0.2, -0.15) is 0 Å². The van der Waals surface area contributed by atoms with Gasteiger partial charge < -0.3 is 4.42 Å². The highest BCUT2D eigenvalue weighted by Crippen LogP contribution is 2.36. The minimum atomic E-state index is 0.0445. The summed E-state index contributed by atoms with van der Waals surface area (Å²) in [5.74, 6) is 6.49. The van der Waals surface area contributed by atoms with Crippen LogP contribution in [0.15, 0.2) is 36.5 Å². The van der Waals surface area contributed by atoms with Gasteiger partial charge in [0, 0.05) is 6.42 Å². The third-order valence-corrected chi connectivity index (χ3v) is 4.63. The van der Waals surface area contributed by atoms with Crippen LogP contribution in [0.4, 0.5) is 0 Å². The lowest BCUT2D eigenvalue weighted by molar-refractivity contribution is 0.454. The normalized spacial score (nSPS) is 12.9. The van der Waals surface area contributed by atoms with Crippen molar-refractivity contribution < 1.29 is 4.42 Å². The molecular formula is C10H10Br2N2OS. The molecule has 1 unspecified atom stereocenters. The number of halogens is 2. The molecule has 0 saturated heterocycles. The summed E-state index contributed by atoms with van der Waals surface area (Å²) in [6.45, 7) is 0. The van der Waals surface area contributed by atoms with E-state index in [9.17, 15) is 0 Å². The monoisotopic (exact) mass is 364 g/mol. The molecule has 0 aromatic carbocycles. The second kappa shape index (κ2) is 5.46. The number of furan rings is 1. The Kier molecular flexibility index (Phi) is 4.21. The van der Waals surface area contributed by atoms with Crippen LogP contribution in [-0.2, 0) is 6.42 Å². The molecular weight excluding hydrogens is 356 g/mol. The van der Waals surface area contributed by atoms with Gasteiger partial charge in [-0.05, 0) is 55.6 Å². The second-order valence-corrected chi connectivity index (χ2v) is 7.03. The molecule has 6 heteroatoms. The van der Waals surface area contributed by atoms with Gasteiger partial charge >= 0.3 is 0 Å². The van der Waals surface area contributed by atoms with Crippen molar-refractivity contribution in [1.29, 1.82) is 0 Å². The molecule has 16 heavy (non-hydrogen) atoms. The van der Waals surface area contributed by atoms with Crippen LogP contribution in [0.25, 0.3) is 0 Å². The van der Waals surface area contributed by atoms with E-state index in [1.807, 2.05) is 12.1 Å². The van der Waals surface area contributed by atoms with Crippen LogP contribution in [0.5, 0.6) is 0 Å². The molecule has 0 saturated carbocycles. The Hall–Kier alpha value is -0.140. The first-order valence-electron chi connectivity index (χ1n) is 4.64. The van der Waals surface area contributed by atoms with Crippen LogP contribution in [0.3, 0.4) is 0 Å². The largest absolute Gasteiger partial charge is 0.469 e. The number of nitrogens with two attached hydrogens (primary N) is 1. The highest BCUT2D eigenvalue weighted by atomic mass is 79.9. The van der Waals surface area contributed by atoms with Crippen LogP contribution in [0.2, 0.25) is 0 Å². The Labute approximate surface area is 114 Å². The lowest BCUT2D eigenvalue weighted by Crippen LogP contribution is -2.29. The highest BCUT2D eigenvalue weighted by molar-refractivity contribution is 9.12. The maximum absolute atomic E-state index is 5.58. The van der Waals surface area contributed by atoms with E-state index in [-0.39, 0.29) is 6.04 Å². The predicted molar refractivity (Wildman–Crippen MR) is 72.2 cm³/mol. The molecule has 0 bridgehead atoms. The number of rotatable bonds is 4. The average Bonchev–Trinajstić information content (AvgIpc) is 2.85. The van der Waals surface area contributed by atoms with Gasteiger partial charge in [-0.1, -0.05) is 0 Å². The summed E-state index contributed by atoms with van der Waals surface area (Å²) in [6.07, 6.45) is 2.40. The van der Waals surface area contributed by atoms with Crippen molar-refractivity contribution in [1.82, 2.24) is 5.43 Å². The van der Waals surface area contributed by atoms with Crippen molar-refractivity contribution in [2.45, 2.75) is 12.5 Å². The van der Waals surface area contributed by atoms with E-state index in [1.54, 1.807) is 17.6 Å². The number of nitrogens with one attached hydrogen (secondary N) is 1. The fourth-order valence-corrected chi connectivity index (χ4v) is 4.45. The summed E-state index contributed by atoms with van der Waals surface area (Å²) in [5, 5.41) is 0. The van der Waals surface area contributed by atoms with Gasteiger partial charge in [-0.15, -0.1) is 11.3 Å². The zero-order valence-corrected chi connectivity index (χ0v) is 12.2. The van der Waals surface area contributed by atoms with E-state index in [1.165, 1.54) is 0 Å². The lowest BCUT2D eigenvalue weighted by atomic mass is 10.1. The first-order chi connectivity index (χ1) is 7.70. The fraction of sp³-hybridized carbons (Fsp3) is 0.200. The Bertz CT molecular complexity index is 455. The van der Waals surface area contributed by atoms with E-state index >= 15 is 0 Å². The molecule has 2 rings (SSSR count). The summed E-state index contributed by atoms with van der Waals surface area (Å²) in [4.78, 5) is 0. The summed E-state index contributed by atoms with van der Waals surface area (Å²) in [5.41, 5.74) is 3.94. The first-order valence-corrected chi connectivity index (χ1v) is 7.04. The van der Waals surface area contributed by atoms with Gasteiger partial charge in [0.1, 0.15) is 5.76 Å². The van der Waals surface area contributed by atoms with Crippen LogP contribution in [0, 0.1) is 0 Å². The predicted octanol–water partition coefficient (Wildman–Crippen LogP) is 3.61. The van der Waals surface area contributed by atoms with E-state index in [0.29, 0.717) is 0 Å². The molecule has 0 fully saturated rings. The third kappa shape index (κ3) is 2.75. The minimum Gasteiger partial charge on any atom is -0.469 e. The summed E-state index contributed by atoms with van der Waals surface area (Å²) >= 11 is 8.61. The second-order valence-electron chi connectivity index (χ2n) is 3.28. The van der Waals surface area contributed by atoms with Crippen LogP contribution < -0.4 is 11.3 Å². The number of hydrazine groups is 1. The maximum atomic E-state index is 5.58. The highest BCUT2D eigenvalue weighted by Gasteiger charge is 2.17. The van der Waals surface area contributed by atoms with Gasteiger partial charge in [0.15, 0.2) is 0 Å². The van der Waals surface area contributed by atoms with E-state index < -0.39 is 0 Å². The zero-order chi connectivity index (χ0) is 11.5. The molecule has 3 nitrogen and oxygen atoms in total. The number of hydrogen-bond acceptors (Lipinski definition) is 4. The Morgan fingerprint density at radius 3 is 2.81 bits per heavy atom. The third-order valence-electron chi connectivity index (χ3n) is 2.25. The number of thiophene rings is 1. The smallest absolute Gasteiger partial charge is 0.105 e. The first kappa shape index (κ1) is 12.3. The van der Waals surface area contributed by atoms with Gasteiger partial charge in [0.05, 0.1) is 19.9 Å². The molecule has 86 valence electrons. The van der Waals surface area contributed by atoms with Crippen LogP contribution in [0.1, 0.15) is 17.4 Å². The van der Waals surface area contributed by atoms with Crippen molar-refractivity contribution >= 4 is 43.2 Å². The van der Waals surface area contributed by atoms with Crippen LogP contribution >= 0.6 is 43.2 Å². The SMILES string of the molecule is NNC(Cc1ccco1)c1cc(Br)sc1Br. The Morgan fingerprint density at radius 1 is 1.50 bits per heavy atom. The average molecular weight is 366 g/mol. The molecule has 2 aromatic heterocycles. The molecule has 2 aromatic rings. The van der Waals surface area contributed by atoms with Crippen LogP contribution in [-0.4, -0.2) is 0 Å². The molecule has 0 radical (unpaired) electrons. The number of hydrogen-bond donors (Lipinski definition) is 2. The van der Waals surface area contributed by atoms with Crippen molar-refractivity contribution in [2.24, 2.45) is 5.84 Å². The topological polar surface area (TPSA) is 51.2 Å². The standard InChI is InChI=1S/C10H10Br2N2OS/c11-9-5-7(10(12)16-9)8(14-13)4-6-2-1-3-15-6/h1-3,5,8,14H,4,13H2. The molecule has 0 aliphatic rings. The van der Waals surface area contributed by atoms with E-state index in [2.05, 4.69) is 43.4 Å². The lowest BCUT2D eigenvalue weighted by Gasteiger charge is -2.13. The summed E-state index contributed by atoms with van der Waals surface area (Å²) in [6, 6.07) is 5.92. The van der Waals surface area contributed by atoms with Crippen molar-refractivity contribution in [3.63, 3.8) is 0 Å². The van der Waals surface area contributed by atoms with Crippen molar-refractivity contribution in [3.05, 3.63) is 43.4 Å². The Balaban J connectivity index is 2.19. The van der Waals surface area contributed by atoms with Gasteiger partial charge in [-0.3, -0.25) is 11.3 Å². The van der Waals surface area contributed by atoms with E-state index in [0.717, 1.165) is 25.3 Å². The minimum absolute atomic E-state index is 0.0445. The molecule has 0 amide bonds. The van der Waals surface area contributed by atoms with E-state index in [4.69, 9.17) is 10.3 Å². The summed E-state index contributed by atoms with van der Waals surface area (Å²) in [7, 11) is 0. The molecule has 2 heterocycles. The summed E-state index contributed by atoms with van der Waals surface area (Å²) < 4.78 is 7.47. The molecule has 1 atom stereocenters. The Morgan fingerprint density at radius 2 is 2.31 bits per heavy atom. The van der Waals surface area contributed by atoms with Crippen molar-refractivity contribution in [2.75, 3.05) is 0 Å². The molecule has 0 spiro atoms. The molecule has 0 aliphatic heterocycles. The van der Waals surface area contributed by atoms with Gasteiger partial charge in [0.2, 0.25) is 0 Å².